The average Bonchev–Trinajstić information content (AvgIpc) is 3.15. The number of urea groups is 1. The van der Waals surface area contributed by atoms with Crippen LogP contribution in [0.15, 0.2) is 57.8 Å². The standard InChI is InChI=1S/C19H18ClN3O6S/c1-28-17-7-4-12(8-16(17)20)18-15(9-13(29-18)10-22-19(24)23-25)11-2-5-14(6-3-11)30(21,26)27/h2-9,25H,10H2,1H3,(H2,21,26,27)(H2,22,23,24). The maximum absolute atomic E-state index is 11.5. The predicted molar refractivity (Wildman–Crippen MR) is 110 cm³/mol. The van der Waals surface area contributed by atoms with Crippen LogP contribution in [0.1, 0.15) is 5.76 Å². The lowest BCUT2D eigenvalue weighted by atomic mass is 10.0. The summed E-state index contributed by atoms with van der Waals surface area (Å²) in [5.74, 6) is 1.34. The number of hydrogen-bond acceptors (Lipinski definition) is 6. The molecule has 0 unspecified atom stereocenters. The summed E-state index contributed by atoms with van der Waals surface area (Å²) in [5.41, 5.74) is 3.41. The van der Waals surface area contributed by atoms with Gasteiger partial charge in [-0.1, -0.05) is 23.7 Å². The number of carbonyl (C=O) groups is 1. The van der Waals surface area contributed by atoms with Crippen molar-refractivity contribution in [2.24, 2.45) is 5.14 Å². The van der Waals surface area contributed by atoms with E-state index in [-0.39, 0.29) is 11.4 Å². The Morgan fingerprint density at radius 2 is 1.83 bits per heavy atom. The van der Waals surface area contributed by atoms with E-state index in [2.05, 4.69) is 5.32 Å². The van der Waals surface area contributed by atoms with Crippen LogP contribution in [0.2, 0.25) is 5.02 Å². The maximum Gasteiger partial charge on any atom is 0.338 e. The normalized spacial score (nSPS) is 11.2. The van der Waals surface area contributed by atoms with Gasteiger partial charge in [0.25, 0.3) is 0 Å². The van der Waals surface area contributed by atoms with Crippen molar-refractivity contribution in [3.63, 3.8) is 0 Å². The van der Waals surface area contributed by atoms with Gasteiger partial charge in [0.15, 0.2) is 0 Å². The summed E-state index contributed by atoms with van der Waals surface area (Å²) in [5, 5.41) is 16.6. The highest BCUT2D eigenvalue weighted by Crippen LogP contribution is 2.38. The number of amides is 2. The largest absolute Gasteiger partial charge is 0.495 e. The van der Waals surface area contributed by atoms with E-state index in [9.17, 15) is 13.2 Å². The van der Waals surface area contributed by atoms with Gasteiger partial charge in [0.2, 0.25) is 10.0 Å². The molecule has 5 N–H and O–H groups in total. The van der Waals surface area contributed by atoms with Crippen molar-refractivity contribution < 1.29 is 27.6 Å². The third-order valence-electron chi connectivity index (χ3n) is 4.22. The highest BCUT2D eigenvalue weighted by atomic mass is 35.5. The van der Waals surface area contributed by atoms with Gasteiger partial charge >= 0.3 is 6.03 Å². The molecule has 0 radical (unpaired) electrons. The van der Waals surface area contributed by atoms with Gasteiger partial charge < -0.3 is 14.5 Å². The van der Waals surface area contributed by atoms with Crippen LogP contribution in [0.5, 0.6) is 5.75 Å². The summed E-state index contributed by atoms with van der Waals surface area (Å²) < 4.78 is 34.1. The van der Waals surface area contributed by atoms with Crippen LogP contribution in [-0.4, -0.2) is 26.8 Å². The van der Waals surface area contributed by atoms with Crippen LogP contribution in [-0.2, 0) is 16.6 Å². The number of carbonyl (C=O) groups excluding carboxylic acids is 1. The van der Waals surface area contributed by atoms with E-state index in [0.29, 0.717) is 39.0 Å². The van der Waals surface area contributed by atoms with E-state index in [0.717, 1.165) is 0 Å². The molecule has 3 rings (SSSR count). The summed E-state index contributed by atoms with van der Waals surface area (Å²) in [6.45, 7) is -0.00145. The lowest BCUT2D eigenvalue weighted by molar-refractivity contribution is 0.161. The summed E-state index contributed by atoms with van der Waals surface area (Å²) in [7, 11) is -2.32. The van der Waals surface area contributed by atoms with Gasteiger partial charge in [-0.15, -0.1) is 0 Å². The van der Waals surface area contributed by atoms with Crippen LogP contribution in [0.4, 0.5) is 4.79 Å². The third-order valence-corrected chi connectivity index (χ3v) is 5.44. The lowest BCUT2D eigenvalue weighted by Gasteiger charge is -2.07. The number of hydroxylamine groups is 1. The Kier molecular flexibility index (Phi) is 6.32. The Bertz CT molecular complexity index is 1180. The molecule has 2 amide bonds. The molecule has 0 saturated heterocycles. The molecule has 0 fully saturated rings. The van der Waals surface area contributed by atoms with Crippen molar-refractivity contribution in [2.45, 2.75) is 11.4 Å². The molecule has 2 aromatic carbocycles. The van der Waals surface area contributed by atoms with Crippen LogP contribution in [0, 0.1) is 0 Å². The fourth-order valence-corrected chi connectivity index (χ4v) is 3.57. The first-order valence-corrected chi connectivity index (χ1v) is 10.4. The number of hydrogen-bond donors (Lipinski definition) is 4. The molecule has 0 spiro atoms. The Labute approximate surface area is 177 Å². The summed E-state index contributed by atoms with van der Waals surface area (Å²) in [4.78, 5) is 11.2. The molecule has 1 aromatic heterocycles. The summed E-state index contributed by atoms with van der Waals surface area (Å²) >= 11 is 6.24. The minimum absolute atomic E-state index is 0.00145. The quantitative estimate of drug-likeness (QED) is 0.335. The van der Waals surface area contributed by atoms with Crippen molar-refractivity contribution >= 4 is 27.7 Å². The fraction of sp³-hybridized carbons (Fsp3) is 0.105. The molecule has 11 heteroatoms. The van der Waals surface area contributed by atoms with Gasteiger partial charge in [-0.05, 0) is 42.0 Å². The van der Waals surface area contributed by atoms with Gasteiger partial charge in [0, 0.05) is 11.1 Å². The molecule has 1 heterocycles. The minimum atomic E-state index is -3.83. The van der Waals surface area contributed by atoms with Crippen molar-refractivity contribution in [3.05, 3.63) is 59.3 Å². The van der Waals surface area contributed by atoms with E-state index >= 15 is 0 Å². The molecular weight excluding hydrogens is 434 g/mol. The molecule has 0 saturated carbocycles. The Morgan fingerprint density at radius 3 is 2.40 bits per heavy atom. The Morgan fingerprint density at radius 1 is 1.17 bits per heavy atom. The number of methoxy groups -OCH3 is 1. The highest BCUT2D eigenvalue weighted by Gasteiger charge is 2.18. The van der Waals surface area contributed by atoms with Gasteiger partial charge in [-0.3, -0.25) is 5.21 Å². The van der Waals surface area contributed by atoms with E-state index < -0.39 is 16.1 Å². The first-order valence-electron chi connectivity index (χ1n) is 8.50. The topological polar surface area (TPSA) is 144 Å². The number of sulfonamides is 1. The number of ether oxygens (including phenoxy) is 1. The van der Waals surface area contributed by atoms with Gasteiger partial charge in [0.05, 0.1) is 23.6 Å². The van der Waals surface area contributed by atoms with Crippen LogP contribution < -0.4 is 20.7 Å². The monoisotopic (exact) mass is 451 g/mol. The number of benzene rings is 2. The number of rotatable bonds is 6. The predicted octanol–water partition coefficient (Wildman–Crippen LogP) is 3.11. The number of furan rings is 1. The molecule has 9 nitrogen and oxygen atoms in total. The van der Waals surface area contributed by atoms with E-state index in [4.69, 9.17) is 31.1 Å². The molecule has 30 heavy (non-hydrogen) atoms. The van der Waals surface area contributed by atoms with Gasteiger partial charge in [0.1, 0.15) is 17.3 Å². The van der Waals surface area contributed by atoms with Gasteiger partial charge in [-0.25, -0.2) is 23.8 Å². The van der Waals surface area contributed by atoms with Crippen LogP contribution in [0.3, 0.4) is 0 Å². The molecule has 0 aliphatic heterocycles. The number of nitrogens with one attached hydrogen (secondary N) is 2. The fourth-order valence-electron chi connectivity index (χ4n) is 2.80. The molecule has 0 atom stereocenters. The molecule has 3 aromatic rings. The number of nitrogens with two attached hydrogens (primary N) is 1. The smallest absolute Gasteiger partial charge is 0.338 e. The van der Waals surface area contributed by atoms with Crippen LogP contribution >= 0.6 is 11.6 Å². The summed E-state index contributed by atoms with van der Waals surface area (Å²) in [6, 6.07) is 12.0. The van der Waals surface area contributed by atoms with Crippen molar-refractivity contribution in [1.29, 1.82) is 0 Å². The zero-order valence-electron chi connectivity index (χ0n) is 15.7. The SMILES string of the molecule is COc1ccc(-c2oc(CNC(=O)NO)cc2-c2ccc(S(N)(=O)=O)cc2)cc1Cl. The van der Waals surface area contributed by atoms with Crippen molar-refractivity contribution in [2.75, 3.05) is 7.11 Å². The molecule has 0 bridgehead atoms. The molecule has 158 valence electrons. The summed E-state index contributed by atoms with van der Waals surface area (Å²) in [6.07, 6.45) is 0. The highest BCUT2D eigenvalue weighted by molar-refractivity contribution is 7.89. The second kappa shape index (κ2) is 8.76. The average molecular weight is 452 g/mol. The Balaban J connectivity index is 2.06. The maximum atomic E-state index is 11.5. The van der Waals surface area contributed by atoms with Crippen LogP contribution in [0.25, 0.3) is 22.5 Å². The van der Waals surface area contributed by atoms with E-state index in [1.165, 1.54) is 24.7 Å². The zero-order valence-corrected chi connectivity index (χ0v) is 17.3. The lowest BCUT2D eigenvalue weighted by Crippen LogP contribution is -2.32. The molecule has 0 aliphatic rings. The Hall–Kier alpha value is -3.05. The number of halogens is 1. The van der Waals surface area contributed by atoms with Crippen molar-refractivity contribution in [1.82, 2.24) is 10.8 Å². The molecular formula is C19H18ClN3O6S. The first-order chi connectivity index (χ1) is 14.2. The third kappa shape index (κ3) is 4.74. The second-order valence-electron chi connectivity index (χ2n) is 6.17. The van der Waals surface area contributed by atoms with Crippen molar-refractivity contribution in [3.8, 4) is 28.2 Å². The number of primary sulfonamides is 1. The van der Waals surface area contributed by atoms with Gasteiger partial charge in [-0.2, -0.15) is 0 Å². The minimum Gasteiger partial charge on any atom is -0.495 e. The van der Waals surface area contributed by atoms with E-state index in [1.807, 2.05) is 0 Å². The zero-order chi connectivity index (χ0) is 21.9. The molecule has 0 aliphatic carbocycles. The van der Waals surface area contributed by atoms with E-state index in [1.54, 1.807) is 36.4 Å². The first kappa shape index (κ1) is 21.7. The second-order valence-corrected chi connectivity index (χ2v) is 8.14.